The van der Waals surface area contributed by atoms with E-state index < -0.39 is 5.97 Å². The number of aromatic nitrogens is 1. The van der Waals surface area contributed by atoms with E-state index in [1.165, 1.54) is 0 Å². The molecule has 0 aromatic carbocycles. The van der Waals surface area contributed by atoms with E-state index in [9.17, 15) is 4.79 Å². The Balaban J connectivity index is 2.12. The Morgan fingerprint density at radius 1 is 1.59 bits per heavy atom. The maximum atomic E-state index is 10.8. The van der Waals surface area contributed by atoms with Gasteiger partial charge < -0.3 is 15.2 Å². The smallest absolute Gasteiger partial charge is 0.337 e. The minimum absolute atomic E-state index is 0.163. The highest BCUT2D eigenvalue weighted by Crippen LogP contribution is 2.18. The van der Waals surface area contributed by atoms with E-state index in [1.54, 1.807) is 19.1 Å². The number of nitrogens with one attached hydrogen (secondary N) is 1. The highest BCUT2D eigenvalue weighted by Gasteiger charge is 2.24. The van der Waals surface area contributed by atoms with Gasteiger partial charge in [0.2, 0.25) is 0 Å². The molecule has 2 rings (SSSR count). The third-order valence-electron chi connectivity index (χ3n) is 3.03. The molecule has 0 radical (unpaired) electrons. The molecule has 5 nitrogen and oxygen atoms in total. The fourth-order valence-corrected chi connectivity index (χ4v) is 1.98. The van der Waals surface area contributed by atoms with Crippen LogP contribution in [0.3, 0.4) is 0 Å². The number of rotatable bonds is 3. The number of anilines is 1. The van der Waals surface area contributed by atoms with Crippen LogP contribution in [-0.2, 0) is 4.74 Å². The van der Waals surface area contributed by atoms with Crippen LogP contribution in [0.2, 0.25) is 0 Å². The summed E-state index contributed by atoms with van der Waals surface area (Å²) < 4.78 is 5.45. The molecule has 1 saturated heterocycles. The first-order valence-corrected chi connectivity index (χ1v) is 5.67. The number of aryl methyl sites for hydroxylation is 1. The summed E-state index contributed by atoms with van der Waals surface area (Å²) in [7, 11) is 0. The minimum Gasteiger partial charge on any atom is -0.478 e. The van der Waals surface area contributed by atoms with E-state index >= 15 is 0 Å². The summed E-state index contributed by atoms with van der Waals surface area (Å²) in [5, 5.41) is 12.2. The van der Waals surface area contributed by atoms with Crippen LogP contribution in [0.25, 0.3) is 0 Å². The normalized spacial score (nSPS) is 23.6. The Hall–Kier alpha value is -1.62. The number of hydrogen-bond acceptors (Lipinski definition) is 4. The molecule has 0 spiro atoms. The molecule has 0 saturated carbocycles. The van der Waals surface area contributed by atoms with E-state index in [2.05, 4.69) is 10.3 Å². The van der Waals surface area contributed by atoms with Crippen molar-refractivity contribution >= 4 is 11.8 Å². The molecule has 1 aromatic rings. The van der Waals surface area contributed by atoms with Crippen molar-refractivity contribution < 1.29 is 14.6 Å². The van der Waals surface area contributed by atoms with Crippen LogP contribution in [0, 0.1) is 6.92 Å². The number of carboxylic acids is 1. The van der Waals surface area contributed by atoms with Crippen LogP contribution in [0.5, 0.6) is 0 Å². The average molecular weight is 236 g/mol. The molecule has 1 aliphatic heterocycles. The fraction of sp³-hybridized carbons (Fsp3) is 0.500. The summed E-state index contributed by atoms with van der Waals surface area (Å²) in [6, 6.07) is 3.52. The van der Waals surface area contributed by atoms with Gasteiger partial charge in [0.05, 0.1) is 23.4 Å². The minimum atomic E-state index is -0.945. The molecule has 1 aliphatic rings. The molecule has 0 amide bonds. The van der Waals surface area contributed by atoms with Crippen LogP contribution >= 0.6 is 0 Å². The SMILES string of the molecule is Cc1nc(NC2CCOC2C)ccc1C(=O)O. The molecule has 1 fully saturated rings. The number of nitrogens with zero attached hydrogens (tertiary/aromatic N) is 1. The number of ether oxygens (including phenoxy) is 1. The monoisotopic (exact) mass is 236 g/mol. The lowest BCUT2D eigenvalue weighted by Crippen LogP contribution is -2.27. The van der Waals surface area contributed by atoms with E-state index in [-0.39, 0.29) is 17.7 Å². The van der Waals surface area contributed by atoms with Gasteiger partial charge in [-0.1, -0.05) is 0 Å². The van der Waals surface area contributed by atoms with E-state index in [4.69, 9.17) is 9.84 Å². The van der Waals surface area contributed by atoms with E-state index in [0.29, 0.717) is 11.5 Å². The largest absolute Gasteiger partial charge is 0.478 e. The van der Waals surface area contributed by atoms with Crippen LogP contribution in [0.15, 0.2) is 12.1 Å². The molecule has 0 bridgehead atoms. The van der Waals surface area contributed by atoms with Gasteiger partial charge in [-0.2, -0.15) is 0 Å². The maximum absolute atomic E-state index is 10.8. The van der Waals surface area contributed by atoms with Gasteiger partial charge in [-0.25, -0.2) is 9.78 Å². The summed E-state index contributed by atoms with van der Waals surface area (Å²) in [6.45, 7) is 4.47. The fourth-order valence-electron chi connectivity index (χ4n) is 1.98. The molecular weight excluding hydrogens is 220 g/mol. The van der Waals surface area contributed by atoms with Crippen molar-refractivity contribution in [3.63, 3.8) is 0 Å². The van der Waals surface area contributed by atoms with Crippen molar-refractivity contribution in [2.75, 3.05) is 11.9 Å². The van der Waals surface area contributed by atoms with Crippen molar-refractivity contribution in [1.29, 1.82) is 0 Å². The quantitative estimate of drug-likeness (QED) is 0.835. The number of hydrogen-bond donors (Lipinski definition) is 2. The van der Waals surface area contributed by atoms with Crippen LogP contribution in [0.1, 0.15) is 29.4 Å². The second kappa shape index (κ2) is 4.71. The second-order valence-corrected chi connectivity index (χ2v) is 4.25. The van der Waals surface area contributed by atoms with Crippen molar-refractivity contribution in [1.82, 2.24) is 4.98 Å². The molecule has 2 atom stereocenters. The predicted octanol–water partition coefficient (Wildman–Crippen LogP) is 1.68. The van der Waals surface area contributed by atoms with E-state index in [0.717, 1.165) is 13.0 Å². The zero-order valence-corrected chi connectivity index (χ0v) is 9.93. The first-order valence-electron chi connectivity index (χ1n) is 5.67. The Kier molecular flexibility index (Phi) is 3.28. The summed E-state index contributed by atoms with van der Waals surface area (Å²) in [5.41, 5.74) is 0.764. The van der Waals surface area contributed by atoms with Crippen LogP contribution in [0.4, 0.5) is 5.82 Å². The lowest BCUT2D eigenvalue weighted by molar-refractivity contribution is 0.0695. The number of carbonyl (C=O) groups is 1. The molecular formula is C12H16N2O3. The zero-order chi connectivity index (χ0) is 12.4. The summed E-state index contributed by atoms with van der Waals surface area (Å²) in [4.78, 5) is 15.1. The van der Waals surface area contributed by atoms with Gasteiger partial charge in [-0.05, 0) is 32.4 Å². The van der Waals surface area contributed by atoms with E-state index in [1.807, 2.05) is 6.92 Å². The Bertz CT molecular complexity index is 434. The number of carboxylic acid groups (broad SMARTS) is 1. The first kappa shape index (κ1) is 11.9. The second-order valence-electron chi connectivity index (χ2n) is 4.25. The zero-order valence-electron chi connectivity index (χ0n) is 9.93. The summed E-state index contributed by atoms with van der Waals surface area (Å²) >= 11 is 0. The molecule has 92 valence electrons. The van der Waals surface area contributed by atoms with Crippen molar-refractivity contribution in [2.24, 2.45) is 0 Å². The Morgan fingerprint density at radius 3 is 2.88 bits per heavy atom. The van der Waals surface area contributed by atoms with Gasteiger partial charge in [0.15, 0.2) is 0 Å². The Labute approximate surface area is 99.8 Å². The van der Waals surface area contributed by atoms with Gasteiger partial charge >= 0.3 is 5.97 Å². The molecule has 2 unspecified atom stereocenters. The lowest BCUT2D eigenvalue weighted by Gasteiger charge is -2.17. The van der Waals surface area contributed by atoms with Crippen LogP contribution < -0.4 is 5.32 Å². The van der Waals surface area contributed by atoms with Gasteiger partial charge in [0.1, 0.15) is 5.82 Å². The standard InChI is InChI=1S/C12H16N2O3/c1-7-9(12(15)16)3-4-11(13-7)14-10-5-6-17-8(10)2/h3-4,8,10H,5-6H2,1-2H3,(H,13,14)(H,15,16). The number of aromatic carboxylic acids is 1. The van der Waals surface area contributed by atoms with Gasteiger partial charge in [-0.15, -0.1) is 0 Å². The highest BCUT2D eigenvalue weighted by atomic mass is 16.5. The molecule has 17 heavy (non-hydrogen) atoms. The summed E-state index contributed by atoms with van der Waals surface area (Å²) in [5.74, 6) is -0.242. The van der Waals surface area contributed by atoms with Crippen LogP contribution in [-0.4, -0.2) is 34.8 Å². The maximum Gasteiger partial charge on any atom is 0.337 e. The number of pyridine rings is 1. The van der Waals surface area contributed by atoms with Crippen molar-refractivity contribution in [3.05, 3.63) is 23.4 Å². The lowest BCUT2D eigenvalue weighted by atomic mass is 10.1. The summed E-state index contributed by atoms with van der Waals surface area (Å²) in [6.07, 6.45) is 1.11. The molecule has 2 N–H and O–H groups in total. The topological polar surface area (TPSA) is 71.5 Å². The first-order chi connectivity index (χ1) is 8.08. The molecule has 2 heterocycles. The third-order valence-corrected chi connectivity index (χ3v) is 3.03. The predicted molar refractivity (Wildman–Crippen MR) is 63.4 cm³/mol. The van der Waals surface area contributed by atoms with Crippen molar-refractivity contribution in [3.8, 4) is 0 Å². The van der Waals surface area contributed by atoms with Crippen molar-refractivity contribution in [2.45, 2.75) is 32.4 Å². The average Bonchev–Trinajstić information content (AvgIpc) is 2.64. The van der Waals surface area contributed by atoms with Gasteiger partial charge in [0.25, 0.3) is 0 Å². The molecule has 0 aliphatic carbocycles. The van der Waals surface area contributed by atoms with Gasteiger partial charge in [0, 0.05) is 6.61 Å². The third kappa shape index (κ3) is 2.55. The molecule has 5 heteroatoms. The highest BCUT2D eigenvalue weighted by molar-refractivity contribution is 5.89. The Morgan fingerprint density at radius 2 is 2.35 bits per heavy atom. The molecule has 1 aromatic heterocycles. The van der Waals surface area contributed by atoms with Gasteiger partial charge in [-0.3, -0.25) is 0 Å².